The van der Waals surface area contributed by atoms with E-state index >= 15 is 0 Å². The molecule has 28 heavy (non-hydrogen) atoms. The van der Waals surface area contributed by atoms with Crippen LogP contribution in [0, 0.1) is 11.6 Å². The molecule has 0 aliphatic carbocycles. The van der Waals surface area contributed by atoms with E-state index in [-0.39, 0.29) is 16.7 Å². The van der Waals surface area contributed by atoms with Crippen LogP contribution in [0.25, 0.3) is 6.08 Å². The van der Waals surface area contributed by atoms with Crippen molar-refractivity contribution in [2.75, 3.05) is 31.2 Å². The Morgan fingerprint density at radius 3 is 2.64 bits per heavy atom. The number of morpholine rings is 1. The molecule has 1 unspecified atom stereocenters. The number of nitrogens with one attached hydrogen (secondary N) is 1. The van der Waals surface area contributed by atoms with Crippen molar-refractivity contribution in [3.8, 4) is 0 Å². The summed E-state index contributed by atoms with van der Waals surface area (Å²) < 4.78 is 32.5. The summed E-state index contributed by atoms with van der Waals surface area (Å²) in [7, 11) is 0. The van der Waals surface area contributed by atoms with Crippen molar-refractivity contribution in [2.24, 2.45) is 0 Å². The molecule has 1 N–H and O–H groups in total. The van der Waals surface area contributed by atoms with Crippen molar-refractivity contribution in [3.05, 3.63) is 70.3 Å². The Balaban J connectivity index is 1.68. The lowest BCUT2D eigenvalue weighted by Crippen LogP contribution is -2.36. The lowest BCUT2D eigenvalue weighted by molar-refractivity contribution is -0.117. The summed E-state index contributed by atoms with van der Waals surface area (Å²) in [6.45, 7) is 4.40. The third-order valence-corrected chi connectivity index (χ3v) is 4.84. The fourth-order valence-corrected chi connectivity index (χ4v) is 3.23. The van der Waals surface area contributed by atoms with E-state index in [0.717, 1.165) is 5.69 Å². The Labute approximate surface area is 167 Å². The molecule has 0 bridgehead atoms. The van der Waals surface area contributed by atoms with Gasteiger partial charge in [-0.2, -0.15) is 0 Å². The first kappa shape index (κ1) is 20.3. The van der Waals surface area contributed by atoms with Crippen molar-refractivity contribution in [1.29, 1.82) is 0 Å². The van der Waals surface area contributed by atoms with Crippen LogP contribution in [0.3, 0.4) is 0 Å². The number of rotatable bonds is 5. The van der Waals surface area contributed by atoms with E-state index < -0.39 is 11.9 Å². The number of carbonyl (C=O) groups is 1. The first-order chi connectivity index (χ1) is 13.4. The number of carbonyl (C=O) groups excluding carboxylic acids is 1. The summed E-state index contributed by atoms with van der Waals surface area (Å²) >= 11 is 5.95. The van der Waals surface area contributed by atoms with Crippen LogP contribution in [0.4, 0.5) is 14.5 Å². The fourth-order valence-electron chi connectivity index (χ4n) is 3.00. The molecule has 0 spiro atoms. The first-order valence-electron chi connectivity index (χ1n) is 8.99. The zero-order valence-electron chi connectivity index (χ0n) is 15.4. The maximum Gasteiger partial charge on any atom is 0.244 e. The Hall–Kier alpha value is -2.44. The van der Waals surface area contributed by atoms with Crippen LogP contribution in [-0.2, 0) is 9.53 Å². The van der Waals surface area contributed by atoms with E-state index in [0.29, 0.717) is 37.4 Å². The minimum atomic E-state index is -0.442. The molecule has 1 amide bonds. The summed E-state index contributed by atoms with van der Waals surface area (Å²) in [6.07, 6.45) is 2.83. The van der Waals surface area contributed by atoms with Crippen molar-refractivity contribution in [1.82, 2.24) is 5.32 Å². The van der Waals surface area contributed by atoms with Crippen LogP contribution in [0.5, 0.6) is 0 Å². The minimum absolute atomic E-state index is 0.220. The highest BCUT2D eigenvalue weighted by Gasteiger charge is 2.16. The van der Waals surface area contributed by atoms with E-state index in [1.54, 1.807) is 6.92 Å². The molecule has 2 aromatic carbocycles. The molecule has 1 heterocycles. The number of halogens is 3. The molecule has 148 valence electrons. The molecule has 7 heteroatoms. The molecular formula is C21H21ClF2N2O2. The van der Waals surface area contributed by atoms with Crippen LogP contribution in [0.2, 0.25) is 5.02 Å². The van der Waals surface area contributed by atoms with E-state index in [4.69, 9.17) is 16.3 Å². The molecule has 1 saturated heterocycles. The van der Waals surface area contributed by atoms with Gasteiger partial charge in [-0.15, -0.1) is 0 Å². The second-order valence-corrected chi connectivity index (χ2v) is 6.98. The van der Waals surface area contributed by atoms with Gasteiger partial charge in [0.25, 0.3) is 0 Å². The van der Waals surface area contributed by atoms with Crippen LogP contribution >= 0.6 is 11.6 Å². The maximum atomic E-state index is 14.1. The van der Waals surface area contributed by atoms with Crippen LogP contribution in [0.15, 0.2) is 42.5 Å². The molecule has 0 radical (unpaired) electrons. The van der Waals surface area contributed by atoms with E-state index in [2.05, 4.69) is 10.2 Å². The zero-order valence-corrected chi connectivity index (χ0v) is 16.2. The summed E-state index contributed by atoms with van der Waals surface area (Å²) in [5.41, 5.74) is 1.97. The second-order valence-electron chi connectivity index (χ2n) is 6.57. The Morgan fingerprint density at radius 2 is 1.93 bits per heavy atom. The number of nitrogens with zero attached hydrogens (tertiary/aromatic N) is 1. The molecule has 2 aromatic rings. The van der Waals surface area contributed by atoms with Crippen molar-refractivity contribution < 1.29 is 18.3 Å². The third kappa shape index (κ3) is 5.30. The number of anilines is 1. The topological polar surface area (TPSA) is 41.6 Å². The Bertz CT molecular complexity index is 883. The molecule has 4 nitrogen and oxygen atoms in total. The molecule has 0 aromatic heterocycles. The number of amides is 1. The SMILES string of the molecule is CC(NC(=O)C=Cc1ccc(F)cc1Cl)c1cc(F)cc(N2CCOCC2)c1. The van der Waals surface area contributed by atoms with E-state index in [9.17, 15) is 13.6 Å². The van der Waals surface area contributed by atoms with Gasteiger partial charge in [-0.05, 0) is 54.5 Å². The number of hydrogen-bond donors (Lipinski definition) is 1. The average molecular weight is 407 g/mol. The summed E-state index contributed by atoms with van der Waals surface area (Å²) in [5, 5.41) is 3.02. The molecule has 1 atom stereocenters. The number of hydrogen-bond acceptors (Lipinski definition) is 3. The van der Waals surface area contributed by atoms with Crippen LogP contribution < -0.4 is 10.2 Å². The fraction of sp³-hybridized carbons (Fsp3) is 0.286. The number of benzene rings is 2. The smallest absolute Gasteiger partial charge is 0.244 e. The van der Waals surface area contributed by atoms with Crippen molar-refractivity contribution in [2.45, 2.75) is 13.0 Å². The highest BCUT2D eigenvalue weighted by Crippen LogP contribution is 2.24. The lowest BCUT2D eigenvalue weighted by atomic mass is 10.1. The summed E-state index contributed by atoms with van der Waals surface area (Å²) in [4.78, 5) is 14.3. The van der Waals surface area contributed by atoms with Gasteiger partial charge in [0.1, 0.15) is 11.6 Å². The number of ether oxygens (including phenoxy) is 1. The van der Waals surface area contributed by atoms with Gasteiger partial charge in [0.15, 0.2) is 0 Å². The summed E-state index contributed by atoms with van der Waals surface area (Å²) in [5.74, 6) is -1.15. The largest absolute Gasteiger partial charge is 0.378 e. The minimum Gasteiger partial charge on any atom is -0.378 e. The zero-order chi connectivity index (χ0) is 20.1. The van der Waals surface area contributed by atoms with Crippen molar-refractivity contribution in [3.63, 3.8) is 0 Å². The van der Waals surface area contributed by atoms with Crippen molar-refractivity contribution >= 4 is 29.3 Å². The summed E-state index contributed by atoms with van der Waals surface area (Å²) in [6, 6.07) is 8.32. The second kappa shape index (κ2) is 9.17. The third-order valence-electron chi connectivity index (χ3n) is 4.52. The van der Waals surface area contributed by atoms with Gasteiger partial charge in [0.2, 0.25) is 5.91 Å². The van der Waals surface area contributed by atoms with Gasteiger partial charge < -0.3 is 15.0 Å². The van der Waals surface area contributed by atoms with Gasteiger partial charge >= 0.3 is 0 Å². The molecule has 1 aliphatic rings. The van der Waals surface area contributed by atoms with E-state index in [1.165, 1.54) is 42.5 Å². The monoisotopic (exact) mass is 406 g/mol. The predicted molar refractivity (Wildman–Crippen MR) is 106 cm³/mol. The molecular weight excluding hydrogens is 386 g/mol. The predicted octanol–water partition coefficient (Wildman–Crippen LogP) is 4.35. The average Bonchev–Trinajstić information content (AvgIpc) is 2.67. The van der Waals surface area contributed by atoms with Crippen LogP contribution in [0.1, 0.15) is 24.1 Å². The van der Waals surface area contributed by atoms with Gasteiger partial charge in [-0.25, -0.2) is 8.78 Å². The van der Waals surface area contributed by atoms with Crippen LogP contribution in [-0.4, -0.2) is 32.2 Å². The molecule has 1 fully saturated rings. The quantitative estimate of drug-likeness (QED) is 0.751. The molecule has 0 saturated carbocycles. The lowest BCUT2D eigenvalue weighted by Gasteiger charge is -2.29. The highest BCUT2D eigenvalue weighted by molar-refractivity contribution is 6.32. The van der Waals surface area contributed by atoms with Gasteiger partial charge in [-0.1, -0.05) is 17.7 Å². The standard InChI is InChI=1S/C21H21ClF2N2O2/c1-14(25-21(27)5-3-15-2-4-17(23)13-20(15)22)16-10-18(24)12-19(11-16)26-6-8-28-9-7-26/h2-5,10-14H,6-9H2,1H3,(H,25,27). The first-order valence-corrected chi connectivity index (χ1v) is 9.37. The molecule has 3 rings (SSSR count). The maximum absolute atomic E-state index is 14.1. The van der Waals surface area contributed by atoms with Gasteiger partial charge in [0.05, 0.1) is 24.3 Å². The van der Waals surface area contributed by atoms with Gasteiger partial charge in [0, 0.05) is 24.9 Å². The highest BCUT2D eigenvalue weighted by atomic mass is 35.5. The van der Waals surface area contributed by atoms with E-state index in [1.807, 2.05) is 6.07 Å². The van der Waals surface area contributed by atoms with Gasteiger partial charge in [-0.3, -0.25) is 4.79 Å². The molecule has 1 aliphatic heterocycles. The Morgan fingerprint density at radius 1 is 1.18 bits per heavy atom. The Kier molecular flexibility index (Phi) is 6.65. The normalized spacial score (nSPS) is 15.6.